The molecule has 1 unspecified atom stereocenters. The van der Waals surface area contributed by atoms with E-state index in [0.29, 0.717) is 31.8 Å². The minimum Gasteiger partial charge on any atom is -0.468 e. The number of ether oxygens (including phenoxy) is 1. The fourth-order valence-electron chi connectivity index (χ4n) is 5.28. The summed E-state index contributed by atoms with van der Waals surface area (Å²) in [5, 5.41) is 3.24. The van der Waals surface area contributed by atoms with Crippen molar-refractivity contribution in [1.29, 1.82) is 0 Å². The van der Waals surface area contributed by atoms with E-state index in [4.69, 9.17) is 4.74 Å². The molecule has 6 heteroatoms. The van der Waals surface area contributed by atoms with E-state index in [1.165, 1.54) is 39.2 Å². The Hall–Kier alpha value is -1.59. The van der Waals surface area contributed by atoms with Gasteiger partial charge in [-0.2, -0.15) is 0 Å². The van der Waals surface area contributed by atoms with Gasteiger partial charge in [0.05, 0.1) is 7.11 Å². The molecule has 0 aromatic carbocycles. The fraction of sp³-hybridized carbons (Fsp3) is 0.850. The van der Waals surface area contributed by atoms with Crippen molar-refractivity contribution < 1.29 is 19.1 Å². The molecule has 1 N–H and O–H groups in total. The lowest BCUT2D eigenvalue weighted by atomic mass is 9.84. The van der Waals surface area contributed by atoms with E-state index in [9.17, 15) is 14.4 Å². The second-order valence-corrected chi connectivity index (χ2v) is 8.83. The van der Waals surface area contributed by atoms with Crippen LogP contribution in [-0.2, 0) is 19.1 Å². The number of esters is 1. The van der Waals surface area contributed by atoms with Gasteiger partial charge in [-0.05, 0) is 50.4 Å². The number of piperidine rings is 1. The summed E-state index contributed by atoms with van der Waals surface area (Å²) < 4.78 is 4.81. The number of amides is 2. The highest BCUT2D eigenvalue weighted by Gasteiger charge is 2.65. The minimum absolute atomic E-state index is 0.0540. The van der Waals surface area contributed by atoms with Crippen LogP contribution in [0.5, 0.6) is 0 Å². The summed E-state index contributed by atoms with van der Waals surface area (Å²) in [5.41, 5.74) is -0.918. The Morgan fingerprint density at radius 1 is 1.08 bits per heavy atom. The summed E-state index contributed by atoms with van der Waals surface area (Å²) in [7, 11) is 1.34. The minimum atomic E-state index is -0.918. The molecule has 6 nitrogen and oxygen atoms in total. The third-order valence-corrected chi connectivity index (χ3v) is 7.25. The molecule has 1 aliphatic heterocycles. The van der Waals surface area contributed by atoms with Crippen molar-refractivity contribution in [3.05, 3.63) is 0 Å². The van der Waals surface area contributed by atoms with E-state index in [1.54, 1.807) is 4.90 Å². The molecule has 0 aromatic rings. The largest absolute Gasteiger partial charge is 0.468 e. The standard InChI is InChI=1S/C20H30N2O4/c1-12(13-6-4-3-5-7-13)21-17(23)16-14-10-22(11-15(14)16)18(24)20(8-9-20)19(25)26-2/h12-16H,3-11H2,1-2H3,(H,21,23)/t12-,14-,15+,16?/m1/s1. The number of rotatable bonds is 5. The van der Waals surface area contributed by atoms with Crippen LogP contribution < -0.4 is 5.32 Å². The van der Waals surface area contributed by atoms with Gasteiger partial charge in [0.2, 0.25) is 11.8 Å². The van der Waals surface area contributed by atoms with Crippen molar-refractivity contribution in [2.45, 2.75) is 57.9 Å². The fourth-order valence-corrected chi connectivity index (χ4v) is 5.28. The molecule has 3 aliphatic carbocycles. The van der Waals surface area contributed by atoms with Gasteiger partial charge in [-0.3, -0.25) is 14.4 Å². The predicted molar refractivity (Wildman–Crippen MR) is 94.9 cm³/mol. The average Bonchev–Trinajstić information content (AvgIpc) is 3.56. The zero-order valence-corrected chi connectivity index (χ0v) is 15.8. The highest BCUT2D eigenvalue weighted by atomic mass is 16.5. The topological polar surface area (TPSA) is 75.7 Å². The summed E-state index contributed by atoms with van der Waals surface area (Å²) in [6.07, 6.45) is 7.49. The number of methoxy groups -OCH3 is 1. The highest BCUT2D eigenvalue weighted by molar-refractivity contribution is 6.05. The highest BCUT2D eigenvalue weighted by Crippen LogP contribution is 2.55. The first-order valence-electron chi connectivity index (χ1n) is 10.2. The van der Waals surface area contributed by atoms with Gasteiger partial charge in [-0.25, -0.2) is 0 Å². The molecule has 4 rings (SSSR count). The van der Waals surface area contributed by atoms with Gasteiger partial charge in [-0.15, -0.1) is 0 Å². The summed E-state index contributed by atoms with van der Waals surface area (Å²) in [6, 6.07) is 0.246. The summed E-state index contributed by atoms with van der Waals surface area (Å²) in [4.78, 5) is 39.0. The van der Waals surface area contributed by atoms with Crippen LogP contribution in [0.3, 0.4) is 0 Å². The number of nitrogens with zero attached hydrogens (tertiary/aromatic N) is 1. The first kappa shape index (κ1) is 17.8. The van der Waals surface area contributed by atoms with Gasteiger partial charge in [0.15, 0.2) is 0 Å². The Labute approximate surface area is 155 Å². The molecule has 1 heterocycles. The van der Waals surface area contributed by atoms with Gasteiger partial charge >= 0.3 is 5.97 Å². The van der Waals surface area contributed by atoms with E-state index in [-0.39, 0.29) is 35.6 Å². The number of nitrogens with one attached hydrogen (secondary N) is 1. The van der Waals surface area contributed by atoms with Crippen LogP contribution in [0.4, 0.5) is 0 Å². The first-order chi connectivity index (χ1) is 12.5. The van der Waals surface area contributed by atoms with Crippen LogP contribution in [0.1, 0.15) is 51.9 Å². The van der Waals surface area contributed by atoms with E-state index in [2.05, 4.69) is 12.2 Å². The molecular formula is C20H30N2O4. The Balaban J connectivity index is 1.27. The van der Waals surface area contributed by atoms with Crippen LogP contribution in [0.25, 0.3) is 0 Å². The van der Waals surface area contributed by atoms with Crippen LogP contribution >= 0.6 is 0 Å². The Kier molecular flexibility index (Phi) is 4.48. The monoisotopic (exact) mass is 362 g/mol. The number of hydrogen-bond donors (Lipinski definition) is 1. The molecule has 0 aromatic heterocycles. The van der Waals surface area contributed by atoms with Crippen LogP contribution in [0.2, 0.25) is 0 Å². The third-order valence-electron chi connectivity index (χ3n) is 7.25. The van der Waals surface area contributed by atoms with Gasteiger partial charge in [-0.1, -0.05) is 19.3 Å². The van der Waals surface area contributed by atoms with E-state index >= 15 is 0 Å². The number of carbonyl (C=O) groups is 3. The lowest BCUT2D eigenvalue weighted by Crippen LogP contribution is -2.44. The van der Waals surface area contributed by atoms with Crippen LogP contribution in [-0.4, -0.2) is 48.9 Å². The lowest BCUT2D eigenvalue weighted by Gasteiger charge is -2.29. The number of hydrogen-bond acceptors (Lipinski definition) is 4. The maximum atomic E-state index is 12.7. The molecule has 144 valence electrons. The average molecular weight is 362 g/mol. The van der Waals surface area contributed by atoms with Gasteiger partial charge < -0.3 is 15.0 Å². The van der Waals surface area contributed by atoms with Crippen molar-refractivity contribution in [3.63, 3.8) is 0 Å². The Morgan fingerprint density at radius 2 is 1.69 bits per heavy atom. The number of fused-ring (bicyclic) bond motifs is 1. The molecule has 2 amide bonds. The molecule has 4 atom stereocenters. The smallest absolute Gasteiger partial charge is 0.321 e. The quantitative estimate of drug-likeness (QED) is 0.597. The maximum Gasteiger partial charge on any atom is 0.321 e. The zero-order valence-electron chi connectivity index (χ0n) is 15.8. The predicted octanol–water partition coefficient (Wildman–Crippen LogP) is 1.73. The SMILES string of the molecule is COC(=O)C1(C(=O)N2C[C@@H]3C(C(=O)N[C@H](C)C4CCCCC4)[C@@H]3C2)CC1. The molecule has 4 aliphatic rings. The van der Waals surface area contributed by atoms with Crippen molar-refractivity contribution in [1.82, 2.24) is 10.2 Å². The molecule has 26 heavy (non-hydrogen) atoms. The molecule has 0 spiro atoms. The number of carbonyl (C=O) groups excluding carboxylic acids is 3. The second kappa shape index (κ2) is 6.54. The van der Waals surface area contributed by atoms with E-state index in [1.807, 2.05) is 0 Å². The first-order valence-corrected chi connectivity index (χ1v) is 10.2. The Morgan fingerprint density at radius 3 is 2.23 bits per heavy atom. The Bertz CT molecular complexity index is 597. The number of likely N-dealkylation sites (tertiary alicyclic amines) is 1. The van der Waals surface area contributed by atoms with Gasteiger partial charge in [0, 0.05) is 25.0 Å². The van der Waals surface area contributed by atoms with Crippen molar-refractivity contribution in [2.75, 3.05) is 20.2 Å². The van der Waals surface area contributed by atoms with Gasteiger partial charge in [0.1, 0.15) is 5.41 Å². The maximum absolute atomic E-state index is 12.7. The zero-order chi connectivity index (χ0) is 18.5. The summed E-state index contributed by atoms with van der Waals surface area (Å²) in [6.45, 7) is 3.35. The van der Waals surface area contributed by atoms with E-state index < -0.39 is 11.4 Å². The molecule has 4 fully saturated rings. The molecule has 3 saturated carbocycles. The van der Waals surface area contributed by atoms with Crippen LogP contribution in [0, 0.1) is 29.1 Å². The molecular weight excluding hydrogens is 332 g/mol. The molecule has 0 radical (unpaired) electrons. The van der Waals surface area contributed by atoms with E-state index in [0.717, 1.165) is 0 Å². The molecule has 1 saturated heterocycles. The lowest BCUT2D eigenvalue weighted by molar-refractivity contribution is -0.156. The van der Waals surface area contributed by atoms with Gasteiger partial charge in [0.25, 0.3) is 0 Å². The normalized spacial score (nSPS) is 33.2. The summed E-state index contributed by atoms with van der Waals surface area (Å²) >= 11 is 0. The summed E-state index contributed by atoms with van der Waals surface area (Å²) in [5.74, 6) is 0.874. The molecule has 0 bridgehead atoms. The second-order valence-electron chi connectivity index (χ2n) is 8.83. The van der Waals surface area contributed by atoms with Crippen molar-refractivity contribution >= 4 is 17.8 Å². The van der Waals surface area contributed by atoms with Crippen molar-refractivity contribution in [3.8, 4) is 0 Å². The van der Waals surface area contributed by atoms with Crippen LogP contribution in [0.15, 0.2) is 0 Å². The van der Waals surface area contributed by atoms with Crippen molar-refractivity contribution in [2.24, 2.45) is 29.1 Å². The third kappa shape index (κ3) is 2.91.